The Morgan fingerprint density at radius 3 is 2.23 bits per heavy atom. The Morgan fingerprint density at radius 1 is 1.46 bits per heavy atom. The molecule has 0 aliphatic carbocycles. The van der Waals surface area contributed by atoms with Crippen molar-refractivity contribution in [1.29, 1.82) is 0 Å². The van der Waals surface area contributed by atoms with Crippen molar-refractivity contribution in [2.24, 2.45) is 0 Å². The van der Waals surface area contributed by atoms with Gasteiger partial charge in [-0.25, -0.2) is 8.42 Å². The lowest BCUT2D eigenvalue weighted by atomic mass is 10.5. The maximum absolute atomic E-state index is 11.3. The highest BCUT2D eigenvalue weighted by molar-refractivity contribution is 7.92. The van der Waals surface area contributed by atoms with Crippen LogP contribution in [0.2, 0.25) is 0 Å². The molecule has 13 heavy (non-hydrogen) atoms. The van der Waals surface area contributed by atoms with Gasteiger partial charge in [0.15, 0.2) is 15.1 Å². The molecule has 1 N–H and O–H groups in total. The quantitative estimate of drug-likeness (QED) is 0.656. The average Bonchev–Trinajstić information content (AvgIpc) is 1.99. The van der Waals surface area contributed by atoms with Gasteiger partial charge in [-0.15, -0.1) is 0 Å². The maximum atomic E-state index is 11.3. The minimum atomic E-state index is -3.50. The molecule has 0 amide bonds. The van der Waals surface area contributed by atoms with E-state index in [9.17, 15) is 13.2 Å². The Labute approximate surface area is 78.3 Å². The second-order valence-corrected chi connectivity index (χ2v) is 5.59. The molecule has 1 atom stereocenters. The van der Waals surface area contributed by atoms with Gasteiger partial charge in [0.05, 0.1) is 5.75 Å². The SMILES string of the molecule is CC(C(=O)O)S(=O)(=O)CCN(C)C. The van der Waals surface area contributed by atoms with Crippen LogP contribution in [0, 0.1) is 0 Å². The minimum absolute atomic E-state index is 0.118. The number of rotatable bonds is 5. The molecule has 0 bridgehead atoms. The van der Waals surface area contributed by atoms with Gasteiger partial charge in [0.2, 0.25) is 0 Å². The van der Waals surface area contributed by atoms with Gasteiger partial charge in [-0.1, -0.05) is 0 Å². The number of hydrogen-bond acceptors (Lipinski definition) is 4. The Balaban J connectivity index is 4.33. The number of hydrogen-bond donors (Lipinski definition) is 1. The van der Waals surface area contributed by atoms with Crippen molar-refractivity contribution < 1.29 is 18.3 Å². The fourth-order valence-electron chi connectivity index (χ4n) is 0.640. The van der Waals surface area contributed by atoms with Crippen molar-refractivity contribution in [3.63, 3.8) is 0 Å². The summed E-state index contributed by atoms with van der Waals surface area (Å²) in [6.07, 6.45) is 0. The van der Waals surface area contributed by atoms with Gasteiger partial charge >= 0.3 is 5.97 Å². The molecule has 78 valence electrons. The summed E-state index contributed by atoms with van der Waals surface area (Å²) in [5.41, 5.74) is 0. The highest BCUT2D eigenvalue weighted by Gasteiger charge is 2.26. The molecule has 0 rings (SSSR count). The van der Waals surface area contributed by atoms with Crippen LogP contribution in [0.1, 0.15) is 6.92 Å². The number of carbonyl (C=O) groups is 1. The highest BCUT2D eigenvalue weighted by atomic mass is 32.2. The molecular weight excluding hydrogens is 194 g/mol. The van der Waals surface area contributed by atoms with E-state index in [1.165, 1.54) is 6.92 Å². The first-order valence-electron chi connectivity index (χ1n) is 3.86. The van der Waals surface area contributed by atoms with Crippen LogP contribution in [-0.4, -0.2) is 56.0 Å². The normalized spacial score (nSPS) is 14.5. The third-order valence-electron chi connectivity index (χ3n) is 1.71. The Morgan fingerprint density at radius 2 is 1.92 bits per heavy atom. The summed E-state index contributed by atoms with van der Waals surface area (Å²) in [7, 11) is -0.0217. The van der Waals surface area contributed by atoms with Crippen LogP contribution >= 0.6 is 0 Å². The smallest absolute Gasteiger partial charge is 0.321 e. The summed E-state index contributed by atoms with van der Waals surface area (Å²) in [5.74, 6) is -1.41. The van der Waals surface area contributed by atoms with Crippen LogP contribution < -0.4 is 0 Å². The van der Waals surface area contributed by atoms with Gasteiger partial charge in [0.25, 0.3) is 0 Å². The van der Waals surface area contributed by atoms with E-state index in [2.05, 4.69) is 0 Å². The number of nitrogens with zero attached hydrogens (tertiary/aromatic N) is 1. The summed E-state index contributed by atoms with van der Waals surface area (Å²) in [6, 6.07) is 0. The van der Waals surface area contributed by atoms with Crippen LogP contribution in [0.3, 0.4) is 0 Å². The molecule has 0 spiro atoms. The molecule has 5 nitrogen and oxygen atoms in total. The molecule has 6 heteroatoms. The van der Waals surface area contributed by atoms with E-state index in [1.54, 1.807) is 19.0 Å². The van der Waals surface area contributed by atoms with Gasteiger partial charge in [0, 0.05) is 6.54 Å². The molecule has 0 aliphatic heterocycles. The van der Waals surface area contributed by atoms with Crippen molar-refractivity contribution in [1.82, 2.24) is 4.90 Å². The van der Waals surface area contributed by atoms with Crippen LogP contribution in [-0.2, 0) is 14.6 Å². The van der Waals surface area contributed by atoms with Crippen LogP contribution in [0.4, 0.5) is 0 Å². The molecule has 0 saturated carbocycles. The predicted molar refractivity (Wildman–Crippen MR) is 49.4 cm³/mol. The number of sulfone groups is 1. The topological polar surface area (TPSA) is 74.7 Å². The second kappa shape index (κ2) is 4.57. The lowest BCUT2D eigenvalue weighted by Crippen LogP contribution is -2.32. The third-order valence-corrected chi connectivity index (χ3v) is 3.74. The minimum Gasteiger partial charge on any atom is -0.480 e. The first kappa shape index (κ1) is 12.4. The van der Waals surface area contributed by atoms with E-state index < -0.39 is 21.1 Å². The molecule has 0 aliphatic rings. The van der Waals surface area contributed by atoms with Gasteiger partial charge in [-0.05, 0) is 21.0 Å². The van der Waals surface area contributed by atoms with Crippen molar-refractivity contribution >= 4 is 15.8 Å². The van der Waals surface area contributed by atoms with Crippen LogP contribution in [0.25, 0.3) is 0 Å². The van der Waals surface area contributed by atoms with Crippen molar-refractivity contribution in [3.05, 3.63) is 0 Å². The first-order chi connectivity index (χ1) is 5.77. The van der Waals surface area contributed by atoms with Crippen LogP contribution in [0.5, 0.6) is 0 Å². The summed E-state index contributed by atoms with van der Waals surface area (Å²) in [6.45, 7) is 1.54. The Kier molecular flexibility index (Phi) is 4.35. The molecule has 0 radical (unpaired) electrons. The summed E-state index contributed by atoms with van der Waals surface area (Å²) < 4.78 is 22.5. The second-order valence-electron chi connectivity index (χ2n) is 3.15. The maximum Gasteiger partial charge on any atom is 0.321 e. The highest BCUT2D eigenvalue weighted by Crippen LogP contribution is 2.02. The molecule has 0 aromatic heterocycles. The number of carboxylic acids is 1. The van der Waals surface area contributed by atoms with E-state index in [0.29, 0.717) is 6.54 Å². The molecule has 0 heterocycles. The zero-order valence-electron chi connectivity index (χ0n) is 8.02. The van der Waals surface area contributed by atoms with E-state index in [1.807, 2.05) is 0 Å². The summed E-state index contributed by atoms with van der Waals surface area (Å²) in [5, 5.41) is 7.18. The monoisotopic (exact) mass is 209 g/mol. The summed E-state index contributed by atoms with van der Waals surface area (Å²) in [4.78, 5) is 12.1. The van der Waals surface area contributed by atoms with E-state index in [4.69, 9.17) is 5.11 Å². The average molecular weight is 209 g/mol. The largest absolute Gasteiger partial charge is 0.480 e. The van der Waals surface area contributed by atoms with Gasteiger partial charge < -0.3 is 10.0 Å². The Bertz CT molecular complexity index is 270. The zero-order valence-corrected chi connectivity index (χ0v) is 8.84. The van der Waals surface area contributed by atoms with Gasteiger partial charge in [-0.3, -0.25) is 4.79 Å². The standard InChI is InChI=1S/C7H15NO4S/c1-6(7(9)10)13(11,12)5-4-8(2)3/h6H,4-5H2,1-3H3,(H,9,10). The lowest BCUT2D eigenvalue weighted by Gasteiger charge is -2.11. The zero-order chi connectivity index (χ0) is 10.6. The lowest BCUT2D eigenvalue weighted by molar-refractivity contribution is -0.136. The Hall–Kier alpha value is -0.620. The van der Waals surface area contributed by atoms with Gasteiger partial charge in [-0.2, -0.15) is 0 Å². The fourth-order valence-corrected chi connectivity index (χ4v) is 1.92. The predicted octanol–water partition coefficient (Wildman–Crippen LogP) is -0.564. The fraction of sp³-hybridized carbons (Fsp3) is 0.857. The molecule has 0 fully saturated rings. The number of aliphatic carboxylic acids is 1. The molecular formula is C7H15NO4S. The van der Waals surface area contributed by atoms with Crippen LogP contribution in [0.15, 0.2) is 0 Å². The van der Waals surface area contributed by atoms with Gasteiger partial charge in [0.1, 0.15) is 0 Å². The third kappa shape index (κ3) is 4.23. The van der Waals surface area contributed by atoms with Crippen molar-refractivity contribution in [3.8, 4) is 0 Å². The molecule has 1 unspecified atom stereocenters. The van der Waals surface area contributed by atoms with E-state index in [-0.39, 0.29) is 5.75 Å². The molecule has 0 aromatic carbocycles. The van der Waals surface area contributed by atoms with Crippen molar-refractivity contribution in [2.45, 2.75) is 12.2 Å². The number of carboxylic acid groups (broad SMARTS) is 1. The molecule has 0 aromatic rings. The van der Waals surface area contributed by atoms with E-state index in [0.717, 1.165) is 0 Å². The van der Waals surface area contributed by atoms with Crippen molar-refractivity contribution in [2.75, 3.05) is 26.4 Å². The van der Waals surface area contributed by atoms with E-state index >= 15 is 0 Å². The molecule has 0 saturated heterocycles. The first-order valence-corrected chi connectivity index (χ1v) is 5.58. The summed E-state index contributed by atoms with van der Waals surface area (Å²) >= 11 is 0.